The van der Waals surface area contributed by atoms with E-state index in [1.54, 1.807) is 0 Å². The number of para-hydroxylation sites is 2. The Hall–Kier alpha value is -6.64. The topological polar surface area (TPSA) is 6.48 Å². The summed E-state index contributed by atoms with van der Waals surface area (Å²) >= 11 is 0. The van der Waals surface area contributed by atoms with Crippen molar-refractivity contribution in [2.75, 3.05) is 9.80 Å². The van der Waals surface area contributed by atoms with Crippen molar-refractivity contribution in [1.29, 1.82) is 0 Å². The summed E-state index contributed by atoms with van der Waals surface area (Å²) in [5.41, 5.74) is 12.1. The first kappa shape index (κ1) is 30.2. The van der Waals surface area contributed by atoms with Gasteiger partial charge in [-0.1, -0.05) is 164 Å². The fourth-order valence-corrected chi connectivity index (χ4v) is 8.38. The highest BCUT2D eigenvalue weighted by molar-refractivity contribution is 6.03. The standard InChI is InChI=1S/C50H36N2/c1-3-14-36(15-4-1)44-21-9-11-24-48(44)51(40-30-26-37(27-31-40)43-23-13-17-35-16-7-8-20-42(35)43)41-32-28-38-29-33-46-45-22-10-12-25-49(45)52(50(46)47(38)34-41)39-18-5-2-6-19-39/h1-34,45,49H. The van der Waals surface area contributed by atoms with Gasteiger partial charge < -0.3 is 9.80 Å². The van der Waals surface area contributed by atoms with Gasteiger partial charge in [-0.3, -0.25) is 0 Å². The first-order valence-corrected chi connectivity index (χ1v) is 18.1. The third-order valence-corrected chi connectivity index (χ3v) is 10.8. The van der Waals surface area contributed by atoms with Crippen molar-refractivity contribution < 1.29 is 0 Å². The van der Waals surface area contributed by atoms with E-state index < -0.39 is 0 Å². The Balaban J connectivity index is 1.18. The number of allylic oxidation sites excluding steroid dienone is 2. The van der Waals surface area contributed by atoms with Crippen molar-refractivity contribution in [1.82, 2.24) is 0 Å². The molecule has 0 amide bonds. The molecule has 1 aliphatic carbocycles. The first-order valence-electron chi connectivity index (χ1n) is 18.1. The zero-order chi connectivity index (χ0) is 34.4. The second-order valence-corrected chi connectivity index (χ2v) is 13.7. The molecule has 10 rings (SSSR count). The average molecular weight is 665 g/mol. The maximum atomic E-state index is 2.55. The molecule has 8 aromatic rings. The summed E-state index contributed by atoms with van der Waals surface area (Å²) in [5.74, 6) is 0.296. The lowest BCUT2D eigenvalue weighted by atomic mass is 9.90. The minimum Gasteiger partial charge on any atom is -0.333 e. The van der Waals surface area contributed by atoms with Gasteiger partial charge in [-0.05, 0) is 80.9 Å². The Morgan fingerprint density at radius 3 is 1.94 bits per heavy atom. The highest BCUT2D eigenvalue weighted by atomic mass is 15.2. The molecule has 0 spiro atoms. The second-order valence-electron chi connectivity index (χ2n) is 13.7. The van der Waals surface area contributed by atoms with E-state index in [1.807, 2.05) is 0 Å². The third-order valence-electron chi connectivity index (χ3n) is 10.8. The Morgan fingerprint density at radius 2 is 1.08 bits per heavy atom. The SMILES string of the molecule is C1=CC2c3ccc4ccc(N(c5ccc(-c6cccc7ccccc67)cc5)c5ccccc5-c5ccccc5)cc4c3N(c3ccccc3)C2C=C1. The zero-order valence-corrected chi connectivity index (χ0v) is 28.7. The van der Waals surface area contributed by atoms with Crippen LogP contribution < -0.4 is 9.80 Å². The smallest absolute Gasteiger partial charge is 0.0629 e. The van der Waals surface area contributed by atoms with Crippen LogP contribution in [0.3, 0.4) is 0 Å². The maximum Gasteiger partial charge on any atom is 0.0629 e. The predicted molar refractivity (Wildman–Crippen MR) is 220 cm³/mol. The molecule has 0 aromatic heterocycles. The number of anilines is 5. The quantitative estimate of drug-likeness (QED) is 0.175. The molecule has 0 saturated carbocycles. The highest BCUT2D eigenvalue weighted by Gasteiger charge is 2.38. The number of hydrogen-bond donors (Lipinski definition) is 0. The van der Waals surface area contributed by atoms with Crippen LogP contribution in [0.1, 0.15) is 11.5 Å². The molecule has 2 unspecified atom stereocenters. The molecule has 1 aliphatic heterocycles. The van der Waals surface area contributed by atoms with Gasteiger partial charge in [0.15, 0.2) is 0 Å². The first-order chi connectivity index (χ1) is 25.8. The summed E-state index contributed by atoms with van der Waals surface area (Å²) < 4.78 is 0. The molecule has 0 radical (unpaired) electrons. The van der Waals surface area contributed by atoms with Crippen molar-refractivity contribution in [3.05, 3.63) is 212 Å². The largest absolute Gasteiger partial charge is 0.333 e. The van der Waals surface area contributed by atoms with Crippen LogP contribution >= 0.6 is 0 Å². The summed E-state index contributed by atoms with van der Waals surface area (Å²) in [6, 6.07) is 66.5. The van der Waals surface area contributed by atoms with Crippen LogP contribution in [0.25, 0.3) is 43.8 Å². The van der Waals surface area contributed by atoms with Gasteiger partial charge >= 0.3 is 0 Å². The molecule has 2 aliphatic rings. The number of nitrogens with zero attached hydrogens (tertiary/aromatic N) is 2. The van der Waals surface area contributed by atoms with Gasteiger partial charge in [0, 0.05) is 33.9 Å². The molecule has 0 fully saturated rings. The minimum absolute atomic E-state index is 0.230. The van der Waals surface area contributed by atoms with E-state index in [-0.39, 0.29) is 6.04 Å². The van der Waals surface area contributed by atoms with E-state index in [4.69, 9.17) is 0 Å². The molecular formula is C50H36N2. The molecule has 2 nitrogen and oxygen atoms in total. The molecule has 52 heavy (non-hydrogen) atoms. The second kappa shape index (κ2) is 12.6. The van der Waals surface area contributed by atoms with Crippen LogP contribution in [-0.2, 0) is 0 Å². The Morgan fingerprint density at radius 1 is 0.442 bits per heavy atom. The van der Waals surface area contributed by atoms with Crippen molar-refractivity contribution >= 4 is 50.0 Å². The summed E-state index contributed by atoms with van der Waals surface area (Å²) in [7, 11) is 0. The van der Waals surface area contributed by atoms with Gasteiger partial charge in [-0.2, -0.15) is 0 Å². The normalized spacial score (nSPS) is 15.9. The van der Waals surface area contributed by atoms with Crippen LogP contribution in [-0.4, -0.2) is 6.04 Å². The van der Waals surface area contributed by atoms with Crippen molar-refractivity contribution in [3.63, 3.8) is 0 Å². The highest BCUT2D eigenvalue weighted by Crippen LogP contribution is 2.52. The van der Waals surface area contributed by atoms with Crippen LogP contribution in [0, 0.1) is 0 Å². The summed E-state index contributed by atoms with van der Waals surface area (Å²) in [6.45, 7) is 0. The lowest BCUT2D eigenvalue weighted by Gasteiger charge is -2.30. The Labute approximate surface area is 304 Å². The average Bonchev–Trinajstić information content (AvgIpc) is 3.57. The van der Waals surface area contributed by atoms with E-state index in [1.165, 1.54) is 60.7 Å². The maximum absolute atomic E-state index is 2.55. The molecule has 0 bridgehead atoms. The van der Waals surface area contributed by atoms with Crippen LogP contribution in [0.2, 0.25) is 0 Å². The molecule has 1 heterocycles. The van der Waals surface area contributed by atoms with Crippen molar-refractivity contribution in [2.24, 2.45) is 0 Å². The summed E-state index contributed by atoms with van der Waals surface area (Å²) in [4.78, 5) is 4.98. The molecular weight excluding hydrogens is 629 g/mol. The number of rotatable bonds is 6. The fraction of sp³-hybridized carbons (Fsp3) is 0.0400. The molecule has 0 saturated heterocycles. The van der Waals surface area contributed by atoms with Crippen molar-refractivity contribution in [2.45, 2.75) is 12.0 Å². The molecule has 2 heteroatoms. The van der Waals surface area contributed by atoms with Crippen LogP contribution in [0.4, 0.5) is 28.4 Å². The van der Waals surface area contributed by atoms with Crippen molar-refractivity contribution in [3.8, 4) is 22.3 Å². The molecule has 246 valence electrons. The summed E-state index contributed by atoms with van der Waals surface area (Å²) in [6.07, 6.45) is 9.11. The van der Waals surface area contributed by atoms with Gasteiger partial charge in [0.25, 0.3) is 0 Å². The number of hydrogen-bond acceptors (Lipinski definition) is 2. The van der Waals surface area contributed by atoms with E-state index in [9.17, 15) is 0 Å². The lowest BCUT2D eigenvalue weighted by molar-refractivity contribution is 0.745. The van der Waals surface area contributed by atoms with Gasteiger partial charge in [-0.25, -0.2) is 0 Å². The number of benzene rings is 8. The van der Waals surface area contributed by atoms with Gasteiger partial charge in [0.05, 0.1) is 17.4 Å². The fourth-order valence-electron chi connectivity index (χ4n) is 8.38. The van der Waals surface area contributed by atoms with E-state index in [0.717, 1.165) is 17.1 Å². The van der Waals surface area contributed by atoms with Crippen LogP contribution in [0.5, 0.6) is 0 Å². The van der Waals surface area contributed by atoms with Gasteiger partial charge in [-0.15, -0.1) is 0 Å². The zero-order valence-electron chi connectivity index (χ0n) is 28.7. The minimum atomic E-state index is 0.230. The summed E-state index contributed by atoms with van der Waals surface area (Å²) in [5, 5.41) is 5.00. The monoisotopic (exact) mass is 664 g/mol. The molecule has 8 aromatic carbocycles. The number of fused-ring (bicyclic) bond motifs is 6. The van der Waals surface area contributed by atoms with E-state index in [2.05, 4.69) is 216 Å². The Bertz CT molecular complexity index is 2630. The van der Waals surface area contributed by atoms with Gasteiger partial charge in [0.1, 0.15) is 0 Å². The predicted octanol–water partition coefficient (Wildman–Crippen LogP) is 13.5. The van der Waals surface area contributed by atoms with Crippen LogP contribution in [0.15, 0.2) is 206 Å². The third kappa shape index (κ3) is 5.03. The lowest BCUT2D eigenvalue weighted by Crippen LogP contribution is -2.28. The molecule has 0 N–H and O–H groups in total. The van der Waals surface area contributed by atoms with E-state index >= 15 is 0 Å². The Kier molecular flexibility index (Phi) is 7.32. The molecule has 2 atom stereocenters. The van der Waals surface area contributed by atoms with E-state index in [0.29, 0.717) is 5.92 Å². The van der Waals surface area contributed by atoms with Gasteiger partial charge in [0.2, 0.25) is 0 Å².